The van der Waals surface area contributed by atoms with Crippen molar-refractivity contribution >= 4 is 11.6 Å². The van der Waals surface area contributed by atoms with E-state index in [-0.39, 0.29) is 17.8 Å². The van der Waals surface area contributed by atoms with Crippen LogP contribution in [0, 0.1) is 5.82 Å². The Balaban J connectivity index is 1.81. The molecule has 2 atom stereocenters. The molecule has 0 aromatic heterocycles. The average molecular weight is 313 g/mol. The third kappa shape index (κ3) is 3.07. The second kappa shape index (κ2) is 6.41. The second-order valence-corrected chi connectivity index (χ2v) is 5.86. The van der Waals surface area contributed by atoms with Gasteiger partial charge < -0.3 is 9.64 Å². The zero-order valence-corrected chi connectivity index (χ0v) is 13.3. The number of hydrogen-bond acceptors (Lipinski definition) is 2. The Morgan fingerprint density at radius 1 is 1.26 bits per heavy atom. The number of amides is 1. The normalized spacial score (nSPS) is 17.7. The van der Waals surface area contributed by atoms with Crippen molar-refractivity contribution in [1.29, 1.82) is 0 Å². The van der Waals surface area contributed by atoms with Gasteiger partial charge in [-0.15, -0.1) is 0 Å². The Kier molecular flexibility index (Phi) is 4.33. The third-order valence-corrected chi connectivity index (χ3v) is 4.18. The number of ether oxygens (including phenoxy) is 1. The number of hydrogen-bond donors (Lipinski definition) is 0. The summed E-state index contributed by atoms with van der Waals surface area (Å²) in [4.78, 5) is 14.8. The van der Waals surface area contributed by atoms with E-state index < -0.39 is 6.10 Å². The van der Waals surface area contributed by atoms with Crippen molar-refractivity contribution < 1.29 is 13.9 Å². The van der Waals surface area contributed by atoms with Crippen molar-refractivity contribution in [3.63, 3.8) is 0 Å². The molecule has 3 nitrogen and oxygen atoms in total. The number of anilines is 1. The first-order valence-corrected chi connectivity index (χ1v) is 7.93. The molecule has 0 saturated carbocycles. The lowest BCUT2D eigenvalue weighted by molar-refractivity contribution is -0.125. The number of fused-ring (bicyclic) bond motifs is 1. The number of carbonyl (C=O) groups excluding carboxylic acids is 1. The van der Waals surface area contributed by atoms with Crippen LogP contribution in [-0.2, 0) is 11.2 Å². The molecule has 2 aromatic carbocycles. The molecule has 0 spiro atoms. The topological polar surface area (TPSA) is 29.5 Å². The highest BCUT2D eigenvalue weighted by Gasteiger charge is 2.34. The summed E-state index contributed by atoms with van der Waals surface area (Å²) >= 11 is 0. The monoisotopic (exact) mass is 313 g/mol. The highest BCUT2D eigenvalue weighted by atomic mass is 19.1. The van der Waals surface area contributed by atoms with E-state index in [1.165, 1.54) is 17.7 Å². The number of nitrogens with zero attached hydrogens (tertiary/aromatic N) is 1. The van der Waals surface area contributed by atoms with E-state index in [1.54, 1.807) is 12.1 Å². The number of rotatable bonds is 4. The zero-order valence-electron chi connectivity index (χ0n) is 13.3. The first kappa shape index (κ1) is 15.5. The Morgan fingerprint density at radius 2 is 1.96 bits per heavy atom. The smallest absolute Gasteiger partial charge is 0.268 e. The van der Waals surface area contributed by atoms with E-state index >= 15 is 0 Å². The van der Waals surface area contributed by atoms with Crippen LogP contribution >= 0.6 is 0 Å². The van der Waals surface area contributed by atoms with Gasteiger partial charge in [-0.25, -0.2) is 4.39 Å². The summed E-state index contributed by atoms with van der Waals surface area (Å²) in [6.07, 6.45) is 0.838. The van der Waals surface area contributed by atoms with Crippen LogP contribution in [0.25, 0.3) is 0 Å². The summed E-state index contributed by atoms with van der Waals surface area (Å²) < 4.78 is 18.8. The van der Waals surface area contributed by atoms with Gasteiger partial charge in [-0.2, -0.15) is 0 Å². The summed E-state index contributed by atoms with van der Waals surface area (Å²) in [5.41, 5.74) is 2.15. The fourth-order valence-corrected chi connectivity index (χ4v) is 3.04. The highest BCUT2D eigenvalue weighted by Crippen LogP contribution is 2.33. The highest BCUT2D eigenvalue weighted by molar-refractivity contribution is 5.99. The van der Waals surface area contributed by atoms with Gasteiger partial charge in [-0.05, 0) is 55.7 Å². The van der Waals surface area contributed by atoms with Gasteiger partial charge in [0.15, 0.2) is 6.10 Å². The van der Waals surface area contributed by atoms with Gasteiger partial charge in [0.2, 0.25) is 0 Å². The zero-order chi connectivity index (χ0) is 16.4. The first-order valence-electron chi connectivity index (χ1n) is 7.93. The maximum atomic E-state index is 13.0. The van der Waals surface area contributed by atoms with Crippen LogP contribution in [-0.4, -0.2) is 18.1 Å². The standard InChI is InChI=1S/C19H20FNO2/c1-3-18(23-16-10-8-15(20)9-11-16)19(22)21-13(2)12-14-6-4-5-7-17(14)21/h4-11,13,18H,3,12H2,1-2H3/t13-,18-/m1/s1. The number of para-hydroxylation sites is 1. The lowest BCUT2D eigenvalue weighted by Crippen LogP contribution is -2.44. The fraction of sp³-hybridized carbons (Fsp3) is 0.316. The molecule has 0 fully saturated rings. The lowest BCUT2D eigenvalue weighted by atomic mass is 10.1. The van der Waals surface area contributed by atoms with Gasteiger partial charge >= 0.3 is 0 Å². The van der Waals surface area contributed by atoms with E-state index in [2.05, 4.69) is 6.07 Å². The summed E-state index contributed by atoms with van der Waals surface area (Å²) in [5, 5.41) is 0. The SMILES string of the molecule is CC[C@@H](Oc1ccc(F)cc1)C(=O)N1c2ccccc2C[C@H]1C. The van der Waals surface area contributed by atoms with Gasteiger partial charge in [0.05, 0.1) is 0 Å². The molecule has 0 unspecified atom stereocenters. The largest absolute Gasteiger partial charge is 0.481 e. The van der Waals surface area contributed by atoms with Crippen molar-refractivity contribution in [2.45, 2.75) is 38.8 Å². The molecule has 120 valence electrons. The number of carbonyl (C=O) groups is 1. The Morgan fingerprint density at radius 3 is 2.65 bits per heavy atom. The van der Waals surface area contributed by atoms with Crippen LogP contribution in [0.3, 0.4) is 0 Å². The summed E-state index contributed by atoms with van der Waals surface area (Å²) in [7, 11) is 0. The van der Waals surface area contributed by atoms with E-state index in [1.807, 2.05) is 36.9 Å². The van der Waals surface area contributed by atoms with Crippen LogP contribution in [0.5, 0.6) is 5.75 Å². The molecule has 0 radical (unpaired) electrons. The van der Waals surface area contributed by atoms with Gasteiger partial charge in [0, 0.05) is 11.7 Å². The molecule has 0 saturated heterocycles. The maximum Gasteiger partial charge on any atom is 0.268 e. The van der Waals surface area contributed by atoms with Crippen molar-refractivity contribution in [2.75, 3.05) is 4.90 Å². The van der Waals surface area contributed by atoms with Gasteiger partial charge in [0.1, 0.15) is 11.6 Å². The first-order chi connectivity index (χ1) is 11.1. The number of halogens is 1. The van der Waals surface area contributed by atoms with Crippen molar-refractivity contribution in [1.82, 2.24) is 0 Å². The molecule has 3 rings (SSSR count). The van der Waals surface area contributed by atoms with Crippen LogP contribution in [0.4, 0.5) is 10.1 Å². The molecular formula is C19H20FNO2. The molecule has 1 aliphatic heterocycles. The molecule has 0 bridgehead atoms. The molecule has 0 N–H and O–H groups in total. The summed E-state index contributed by atoms with van der Waals surface area (Å²) in [5.74, 6) is 0.139. The quantitative estimate of drug-likeness (QED) is 0.855. The maximum absolute atomic E-state index is 13.0. The van der Waals surface area contributed by atoms with Gasteiger partial charge in [-0.1, -0.05) is 25.1 Å². The predicted octanol–water partition coefficient (Wildman–Crippen LogP) is 3.96. The van der Waals surface area contributed by atoms with Crippen LogP contribution in [0.1, 0.15) is 25.8 Å². The minimum Gasteiger partial charge on any atom is -0.481 e. The van der Waals surface area contributed by atoms with E-state index in [9.17, 15) is 9.18 Å². The molecular weight excluding hydrogens is 293 g/mol. The lowest BCUT2D eigenvalue weighted by Gasteiger charge is -2.27. The van der Waals surface area contributed by atoms with Crippen molar-refractivity contribution in [2.24, 2.45) is 0 Å². The van der Waals surface area contributed by atoms with Gasteiger partial charge in [-0.3, -0.25) is 4.79 Å². The molecule has 0 aliphatic carbocycles. The Hall–Kier alpha value is -2.36. The minimum absolute atomic E-state index is 0.0470. The summed E-state index contributed by atoms with van der Waals surface area (Å²) in [6.45, 7) is 3.96. The predicted molar refractivity (Wildman–Crippen MR) is 88.2 cm³/mol. The van der Waals surface area contributed by atoms with E-state index in [4.69, 9.17) is 4.74 Å². The molecule has 23 heavy (non-hydrogen) atoms. The summed E-state index contributed by atoms with van der Waals surface area (Å²) in [6, 6.07) is 13.8. The van der Waals surface area contributed by atoms with Crippen molar-refractivity contribution in [3.05, 3.63) is 59.9 Å². The van der Waals surface area contributed by atoms with Crippen LogP contribution < -0.4 is 9.64 Å². The molecule has 1 heterocycles. The van der Waals surface area contributed by atoms with Crippen LogP contribution in [0.15, 0.2) is 48.5 Å². The van der Waals surface area contributed by atoms with Crippen molar-refractivity contribution in [3.8, 4) is 5.75 Å². The van der Waals surface area contributed by atoms with Crippen LogP contribution in [0.2, 0.25) is 0 Å². The van der Waals surface area contributed by atoms with E-state index in [0.717, 1.165) is 12.1 Å². The second-order valence-electron chi connectivity index (χ2n) is 5.86. The minimum atomic E-state index is -0.575. The van der Waals surface area contributed by atoms with E-state index in [0.29, 0.717) is 12.2 Å². The molecule has 1 amide bonds. The third-order valence-electron chi connectivity index (χ3n) is 4.18. The number of benzene rings is 2. The molecule has 1 aliphatic rings. The molecule has 4 heteroatoms. The average Bonchev–Trinajstić information content (AvgIpc) is 2.89. The molecule has 2 aromatic rings. The van der Waals surface area contributed by atoms with Gasteiger partial charge in [0.25, 0.3) is 5.91 Å². The Bertz CT molecular complexity index is 699. The Labute approximate surface area is 135 Å². The fourth-order valence-electron chi connectivity index (χ4n) is 3.04.